The lowest BCUT2D eigenvalue weighted by Crippen LogP contribution is -2.26. The van der Waals surface area contributed by atoms with Crippen molar-refractivity contribution >= 4 is 27.2 Å². The Labute approximate surface area is 157 Å². The maximum absolute atomic E-state index is 14.4. The van der Waals surface area contributed by atoms with Crippen LogP contribution in [-0.2, 0) is 7.05 Å². The van der Waals surface area contributed by atoms with Gasteiger partial charge in [0, 0.05) is 36.2 Å². The first-order valence-electron chi connectivity index (χ1n) is 8.83. The molecule has 3 aromatic heterocycles. The van der Waals surface area contributed by atoms with Crippen LogP contribution in [0.5, 0.6) is 0 Å². The molecule has 1 fully saturated rings. The Kier molecular flexibility index (Phi) is 3.80. The van der Waals surface area contributed by atoms with Crippen molar-refractivity contribution in [3.05, 3.63) is 45.6 Å². The van der Waals surface area contributed by atoms with Gasteiger partial charge in [-0.2, -0.15) is 14.7 Å². The molecule has 0 amide bonds. The smallest absolute Gasteiger partial charge is 0.275 e. The van der Waals surface area contributed by atoms with E-state index in [1.54, 1.807) is 24.0 Å². The maximum Gasteiger partial charge on any atom is 0.275 e. The largest absolute Gasteiger partial charge is 0.317 e. The third-order valence-electron chi connectivity index (χ3n) is 4.92. The quantitative estimate of drug-likeness (QED) is 0.574. The molecule has 1 N–H and O–H groups in total. The first-order valence-corrected chi connectivity index (χ1v) is 9.65. The lowest BCUT2D eigenvalue weighted by atomic mass is 9.99. The number of nitrogens with zero attached hydrogens (tertiary/aromatic N) is 5. The Morgan fingerprint density at radius 2 is 2.04 bits per heavy atom. The predicted octanol–water partition coefficient (Wildman–Crippen LogP) is 2.31. The highest BCUT2D eigenvalue weighted by atomic mass is 32.1. The molecule has 0 bridgehead atoms. The van der Waals surface area contributed by atoms with Gasteiger partial charge >= 0.3 is 0 Å². The second-order valence-corrected chi connectivity index (χ2v) is 7.82. The van der Waals surface area contributed by atoms with Crippen LogP contribution in [0.3, 0.4) is 0 Å². The average Bonchev–Trinajstić information content (AvgIpc) is 3.26. The molecule has 1 saturated heterocycles. The molecule has 0 unspecified atom stereocenters. The number of rotatable bonds is 2. The molecule has 0 atom stereocenters. The summed E-state index contributed by atoms with van der Waals surface area (Å²) < 4.78 is 17.3. The molecule has 9 heteroatoms. The first kappa shape index (κ1) is 16.5. The summed E-state index contributed by atoms with van der Waals surface area (Å²) >= 11 is 1.44. The van der Waals surface area contributed by atoms with Crippen LogP contribution in [0.4, 0.5) is 4.39 Å². The summed E-state index contributed by atoms with van der Waals surface area (Å²) in [5, 5.41) is 13.5. The van der Waals surface area contributed by atoms with Crippen LogP contribution in [0.2, 0.25) is 0 Å². The van der Waals surface area contributed by atoms with Crippen LogP contribution >= 0.6 is 11.3 Å². The van der Waals surface area contributed by atoms with Gasteiger partial charge in [0.15, 0.2) is 5.82 Å². The summed E-state index contributed by atoms with van der Waals surface area (Å²) in [6.45, 7) is 1.91. The Bertz CT molecular complexity index is 1220. The van der Waals surface area contributed by atoms with Crippen molar-refractivity contribution in [3.63, 3.8) is 0 Å². The number of aryl methyl sites for hydroxylation is 1. The van der Waals surface area contributed by atoms with E-state index in [9.17, 15) is 9.18 Å². The molecule has 138 valence electrons. The van der Waals surface area contributed by atoms with Gasteiger partial charge in [-0.15, -0.1) is 0 Å². The minimum Gasteiger partial charge on any atom is -0.317 e. The highest BCUT2D eigenvalue weighted by Crippen LogP contribution is 2.30. The van der Waals surface area contributed by atoms with Crippen molar-refractivity contribution in [1.29, 1.82) is 0 Å². The van der Waals surface area contributed by atoms with Gasteiger partial charge in [-0.25, -0.2) is 9.37 Å². The van der Waals surface area contributed by atoms with E-state index < -0.39 is 5.82 Å². The summed E-state index contributed by atoms with van der Waals surface area (Å²) in [6, 6.07) is 4.59. The molecule has 4 heterocycles. The Morgan fingerprint density at radius 3 is 2.85 bits per heavy atom. The molecule has 27 heavy (non-hydrogen) atoms. The van der Waals surface area contributed by atoms with Crippen LogP contribution in [0.1, 0.15) is 23.8 Å². The maximum atomic E-state index is 14.4. The normalized spacial score (nSPS) is 15.8. The topological polar surface area (TPSA) is 77.1 Å². The molecule has 5 rings (SSSR count). The van der Waals surface area contributed by atoms with Crippen LogP contribution < -0.4 is 10.9 Å². The fourth-order valence-corrected chi connectivity index (χ4v) is 4.64. The van der Waals surface area contributed by atoms with Crippen molar-refractivity contribution < 1.29 is 4.39 Å². The summed E-state index contributed by atoms with van der Waals surface area (Å²) in [7, 11) is 1.75. The van der Waals surface area contributed by atoms with E-state index in [2.05, 4.69) is 20.5 Å². The number of fused-ring (bicyclic) bond motifs is 2. The van der Waals surface area contributed by atoms with Crippen molar-refractivity contribution in [3.8, 4) is 11.3 Å². The van der Waals surface area contributed by atoms with Crippen molar-refractivity contribution in [2.24, 2.45) is 7.05 Å². The van der Waals surface area contributed by atoms with Gasteiger partial charge in [0.25, 0.3) is 5.56 Å². The van der Waals surface area contributed by atoms with Crippen LogP contribution in [0.25, 0.3) is 27.1 Å². The molecule has 0 spiro atoms. The molecular formula is C18H17FN6OS. The van der Waals surface area contributed by atoms with Gasteiger partial charge in [-0.05, 0) is 38.1 Å². The molecule has 0 radical (unpaired) electrons. The summed E-state index contributed by atoms with van der Waals surface area (Å²) in [5.41, 5.74) is 1.07. The van der Waals surface area contributed by atoms with E-state index in [-0.39, 0.29) is 5.56 Å². The number of halogens is 1. The lowest BCUT2D eigenvalue weighted by molar-refractivity contribution is 0.456. The standard InChI is InChI=1S/C18H17FN6OS/c1-24-9-12-6-11(7-13(19)16(12)22-24)14-8-15(26)25-18(21-14)27-17(23-25)10-2-4-20-5-3-10/h6-10,20H,2-5H2,1H3. The van der Waals surface area contributed by atoms with E-state index in [0.717, 1.165) is 30.9 Å². The molecule has 7 nitrogen and oxygen atoms in total. The van der Waals surface area contributed by atoms with Gasteiger partial charge in [-0.3, -0.25) is 9.48 Å². The lowest BCUT2D eigenvalue weighted by Gasteiger charge is -2.19. The fraction of sp³-hybridized carbons (Fsp3) is 0.333. The molecule has 1 aliphatic heterocycles. The van der Waals surface area contributed by atoms with E-state index in [0.29, 0.717) is 33.0 Å². The van der Waals surface area contributed by atoms with Gasteiger partial charge in [-0.1, -0.05) is 11.3 Å². The summed E-state index contributed by atoms with van der Waals surface area (Å²) in [5.74, 6) is -0.0743. The van der Waals surface area contributed by atoms with Crippen LogP contribution in [0, 0.1) is 5.82 Å². The molecule has 4 aromatic rings. The van der Waals surface area contributed by atoms with E-state index >= 15 is 0 Å². The average molecular weight is 384 g/mol. The zero-order chi connectivity index (χ0) is 18.5. The molecule has 1 aromatic carbocycles. The van der Waals surface area contributed by atoms with Gasteiger partial charge in [0.1, 0.15) is 10.5 Å². The summed E-state index contributed by atoms with van der Waals surface area (Å²) in [4.78, 5) is 17.7. The minimum atomic E-state index is -0.426. The van der Waals surface area contributed by atoms with Crippen molar-refractivity contribution in [2.75, 3.05) is 13.1 Å². The first-order chi connectivity index (χ1) is 13.1. The number of nitrogens with one attached hydrogen (secondary N) is 1. The van der Waals surface area contributed by atoms with E-state index in [1.165, 1.54) is 28.0 Å². The van der Waals surface area contributed by atoms with Crippen LogP contribution in [0.15, 0.2) is 29.2 Å². The Hall–Kier alpha value is -2.65. The van der Waals surface area contributed by atoms with Gasteiger partial charge in [0.2, 0.25) is 4.96 Å². The van der Waals surface area contributed by atoms with Crippen LogP contribution in [-0.4, -0.2) is 37.5 Å². The fourth-order valence-electron chi connectivity index (χ4n) is 3.57. The third-order valence-corrected chi connectivity index (χ3v) is 5.99. The minimum absolute atomic E-state index is 0.252. The zero-order valence-corrected chi connectivity index (χ0v) is 15.5. The molecular weight excluding hydrogens is 367 g/mol. The van der Waals surface area contributed by atoms with Crippen molar-refractivity contribution in [1.82, 2.24) is 29.7 Å². The Balaban J connectivity index is 1.62. The summed E-state index contributed by atoms with van der Waals surface area (Å²) in [6.07, 6.45) is 3.75. The molecule has 0 saturated carbocycles. The number of hydrogen-bond donors (Lipinski definition) is 1. The third kappa shape index (κ3) is 2.83. The Morgan fingerprint density at radius 1 is 1.22 bits per heavy atom. The van der Waals surface area contributed by atoms with E-state index in [1.807, 2.05) is 0 Å². The number of piperidine rings is 1. The molecule has 0 aliphatic carbocycles. The highest BCUT2D eigenvalue weighted by Gasteiger charge is 2.21. The monoisotopic (exact) mass is 384 g/mol. The number of aromatic nitrogens is 5. The zero-order valence-electron chi connectivity index (χ0n) is 14.6. The highest BCUT2D eigenvalue weighted by molar-refractivity contribution is 7.16. The second-order valence-electron chi connectivity index (χ2n) is 6.84. The SMILES string of the molecule is Cn1cc2cc(-c3cc(=O)n4nc(C5CCNCC5)sc4n3)cc(F)c2n1. The molecule has 1 aliphatic rings. The second kappa shape index (κ2) is 6.21. The van der Waals surface area contributed by atoms with E-state index in [4.69, 9.17) is 0 Å². The number of benzene rings is 1. The van der Waals surface area contributed by atoms with Gasteiger partial charge < -0.3 is 5.32 Å². The van der Waals surface area contributed by atoms with Gasteiger partial charge in [0.05, 0.1) is 5.69 Å². The number of hydrogen-bond acceptors (Lipinski definition) is 6. The predicted molar refractivity (Wildman–Crippen MR) is 102 cm³/mol. The van der Waals surface area contributed by atoms with Crippen molar-refractivity contribution in [2.45, 2.75) is 18.8 Å².